The van der Waals surface area contributed by atoms with Crippen molar-refractivity contribution in [2.45, 2.75) is 32.4 Å². The molecule has 0 amide bonds. The highest BCUT2D eigenvalue weighted by atomic mass is 79.9. The molecule has 0 radical (unpaired) electrons. The first kappa shape index (κ1) is 16.7. The maximum atomic E-state index is 11.4. The Morgan fingerprint density at radius 1 is 1.25 bits per heavy atom. The Labute approximate surface area is 149 Å². The van der Waals surface area contributed by atoms with Crippen LogP contribution >= 0.6 is 15.9 Å². The largest absolute Gasteiger partial charge is 0.487 e. The second-order valence-electron chi connectivity index (χ2n) is 5.66. The average Bonchev–Trinajstić information content (AvgIpc) is 3.03. The van der Waals surface area contributed by atoms with E-state index in [1.165, 1.54) is 0 Å². The molecule has 0 aliphatic heterocycles. The molecular formula is C19H19BrN2O2. The molecule has 0 aliphatic carbocycles. The van der Waals surface area contributed by atoms with E-state index in [2.05, 4.69) is 28.0 Å². The van der Waals surface area contributed by atoms with Gasteiger partial charge in [0.1, 0.15) is 24.7 Å². The van der Waals surface area contributed by atoms with E-state index in [0.717, 1.165) is 45.8 Å². The minimum atomic E-state index is -0.240. The van der Waals surface area contributed by atoms with E-state index in [9.17, 15) is 4.79 Å². The summed E-state index contributed by atoms with van der Waals surface area (Å²) in [4.78, 5) is 11.4. The van der Waals surface area contributed by atoms with Crippen molar-refractivity contribution in [3.05, 3.63) is 58.7 Å². The molecule has 3 aromatic rings. The van der Waals surface area contributed by atoms with Crippen molar-refractivity contribution in [3.63, 3.8) is 0 Å². The number of fused-ring (bicyclic) bond motifs is 1. The molecule has 0 fully saturated rings. The third kappa shape index (κ3) is 3.36. The quantitative estimate of drug-likeness (QED) is 0.541. The van der Waals surface area contributed by atoms with Gasteiger partial charge >= 0.3 is 0 Å². The number of benzene rings is 2. The normalized spacial score (nSPS) is 12.2. The molecule has 0 aliphatic rings. The first-order chi connectivity index (χ1) is 11.7. The molecule has 1 unspecified atom stereocenters. The fourth-order valence-corrected chi connectivity index (χ4v) is 3.21. The Morgan fingerprint density at radius 2 is 2.04 bits per heavy atom. The number of aromatic nitrogens is 2. The number of rotatable bonds is 7. The Morgan fingerprint density at radius 3 is 2.75 bits per heavy atom. The van der Waals surface area contributed by atoms with E-state index in [4.69, 9.17) is 4.74 Å². The summed E-state index contributed by atoms with van der Waals surface area (Å²) in [5.41, 5.74) is 2.01. The summed E-state index contributed by atoms with van der Waals surface area (Å²) in [6.07, 6.45) is 4.43. The summed E-state index contributed by atoms with van der Waals surface area (Å²) in [6, 6.07) is 13.7. The number of nitrogens with zero attached hydrogens (tertiary/aromatic N) is 2. The lowest BCUT2D eigenvalue weighted by molar-refractivity contribution is -0.110. The molecule has 3 rings (SSSR count). The van der Waals surface area contributed by atoms with Gasteiger partial charge in [0, 0.05) is 0 Å². The lowest BCUT2D eigenvalue weighted by Crippen LogP contribution is -2.11. The molecule has 2 aromatic carbocycles. The molecule has 0 saturated heterocycles. The zero-order valence-corrected chi connectivity index (χ0v) is 15.1. The number of carbonyl (C=O) groups is 1. The fraction of sp³-hybridized carbons (Fsp3) is 0.263. The molecule has 1 atom stereocenters. The third-order valence-electron chi connectivity index (χ3n) is 3.96. The van der Waals surface area contributed by atoms with Crippen molar-refractivity contribution in [3.8, 4) is 5.75 Å². The zero-order chi connectivity index (χ0) is 16.9. The Balaban J connectivity index is 1.94. The van der Waals surface area contributed by atoms with Gasteiger partial charge in [-0.1, -0.05) is 43.7 Å². The van der Waals surface area contributed by atoms with Crippen molar-refractivity contribution < 1.29 is 9.53 Å². The van der Waals surface area contributed by atoms with Gasteiger partial charge in [0.05, 0.1) is 21.6 Å². The molecule has 0 spiro atoms. The monoisotopic (exact) mass is 386 g/mol. The molecule has 0 bridgehead atoms. The molecular weight excluding hydrogens is 368 g/mol. The predicted molar refractivity (Wildman–Crippen MR) is 98.2 cm³/mol. The number of hydrogen-bond donors (Lipinski definition) is 0. The van der Waals surface area contributed by atoms with Gasteiger partial charge < -0.3 is 9.53 Å². The standard InChI is InChI=1S/C19H19BrN2O2/c1-2-6-15(12-23)22-18-10-9-17(20)19(16(18)11-21-22)24-13-14-7-4-3-5-8-14/h3-5,7-12,15H,2,6,13H2,1H3. The summed E-state index contributed by atoms with van der Waals surface area (Å²) < 4.78 is 8.70. The predicted octanol–water partition coefficient (Wildman–Crippen LogP) is 4.92. The summed E-state index contributed by atoms with van der Waals surface area (Å²) in [6.45, 7) is 2.54. The number of aldehydes is 1. The topological polar surface area (TPSA) is 44.1 Å². The summed E-state index contributed by atoms with van der Waals surface area (Å²) in [5, 5.41) is 5.33. The van der Waals surface area contributed by atoms with Crippen molar-refractivity contribution in [1.82, 2.24) is 9.78 Å². The second-order valence-corrected chi connectivity index (χ2v) is 6.52. The minimum Gasteiger partial charge on any atom is -0.487 e. The van der Waals surface area contributed by atoms with Crippen molar-refractivity contribution in [1.29, 1.82) is 0 Å². The molecule has 1 aromatic heterocycles. The molecule has 24 heavy (non-hydrogen) atoms. The lowest BCUT2D eigenvalue weighted by atomic mass is 10.2. The number of halogens is 1. The highest BCUT2D eigenvalue weighted by Gasteiger charge is 2.17. The van der Waals surface area contributed by atoms with Crippen LogP contribution in [-0.2, 0) is 11.4 Å². The summed E-state index contributed by atoms with van der Waals surface area (Å²) in [5.74, 6) is 0.753. The van der Waals surface area contributed by atoms with Gasteiger partial charge in [-0.05, 0) is 40.0 Å². The maximum absolute atomic E-state index is 11.4. The summed E-state index contributed by atoms with van der Waals surface area (Å²) >= 11 is 3.55. The van der Waals surface area contributed by atoms with Crippen LogP contribution in [0.5, 0.6) is 5.75 Å². The molecule has 0 saturated carbocycles. The van der Waals surface area contributed by atoms with E-state index < -0.39 is 0 Å². The average molecular weight is 387 g/mol. The van der Waals surface area contributed by atoms with Gasteiger partial charge in [0.25, 0.3) is 0 Å². The Kier molecular flexibility index (Phi) is 5.30. The van der Waals surface area contributed by atoms with E-state index >= 15 is 0 Å². The van der Waals surface area contributed by atoms with Crippen LogP contribution in [0.4, 0.5) is 0 Å². The summed E-state index contributed by atoms with van der Waals surface area (Å²) in [7, 11) is 0. The Hall–Kier alpha value is -2.14. The Bertz CT molecular complexity index is 830. The first-order valence-corrected chi connectivity index (χ1v) is 8.81. The smallest absolute Gasteiger partial charge is 0.144 e. The van der Waals surface area contributed by atoms with Crippen LogP contribution in [0.3, 0.4) is 0 Å². The van der Waals surface area contributed by atoms with Crippen LogP contribution in [0.2, 0.25) is 0 Å². The number of hydrogen-bond acceptors (Lipinski definition) is 3. The molecule has 124 valence electrons. The van der Waals surface area contributed by atoms with Crippen molar-refractivity contribution in [2.75, 3.05) is 0 Å². The van der Waals surface area contributed by atoms with E-state index in [-0.39, 0.29) is 6.04 Å². The van der Waals surface area contributed by atoms with Gasteiger partial charge in [-0.3, -0.25) is 4.68 Å². The van der Waals surface area contributed by atoms with Crippen LogP contribution in [0.15, 0.2) is 53.1 Å². The third-order valence-corrected chi connectivity index (χ3v) is 4.59. The van der Waals surface area contributed by atoms with Crippen LogP contribution in [-0.4, -0.2) is 16.1 Å². The van der Waals surface area contributed by atoms with Crippen molar-refractivity contribution in [2.24, 2.45) is 0 Å². The maximum Gasteiger partial charge on any atom is 0.144 e. The van der Waals surface area contributed by atoms with Crippen LogP contribution in [0, 0.1) is 0 Å². The van der Waals surface area contributed by atoms with E-state index in [1.807, 2.05) is 42.5 Å². The highest BCUT2D eigenvalue weighted by Crippen LogP contribution is 2.35. The highest BCUT2D eigenvalue weighted by molar-refractivity contribution is 9.10. The lowest BCUT2D eigenvalue weighted by Gasteiger charge is -2.13. The number of ether oxygens (including phenoxy) is 1. The zero-order valence-electron chi connectivity index (χ0n) is 13.5. The van der Waals surface area contributed by atoms with Crippen LogP contribution in [0.1, 0.15) is 31.4 Å². The van der Waals surface area contributed by atoms with Gasteiger partial charge in [-0.25, -0.2) is 0 Å². The molecule has 1 heterocycles. The van der Waals surface area contributed by atoms with Gasteiger partial charge in [0.15, 0.2) is 0 Å². The van der Waals surface area contributed by atoms with E-state index in [1.54, 1.807) is 10.9 Å². The van der Waals surface area contributed by atoms with Crippen LogP contribution < -0.4 is 4.74 Å². The van der Waals surface area contributed by atoms with Gasteiger partial charge in [0.2, 0.25) is 0 Å². The minimum absolute atomic E-state index is 0.240. The molecule has 5 heteroatoms. The fourth-order valence-electron chi connectivity index (χ4n) is 2.75. The van der Waals surface area contributed by atoms with Crippen molar-refractivity contribution >= 4 is 33.1 Å². The van der Waals surface area contributed by atoms with Crippen LogP contribution in [0.25, 0.3) is 10.9 Å². The van der Waals surface area contributed by atoms with E-state index in [0.29, 0.717) is 6.61 Å². The van der Waals surface area contributed by atoms with Gasteiger partial charge in [-0.2, -0.15) is 5.10 Å². The van der Waals surface area contributed by atoms with Gasteiger partial charge in [-0.15, -0.1) is 0 Å². The second kappa shape index (κ2) is 7.62. The number of carbonyl (C=O) groups excluding carboxylic acids is 1. The molecule has 0 N–H and O–H groups in total. The first-order valence-electron chi connectivity index (χ1n) is 8.02. The molecule has 4 nitrogen and oxygen atoms in total. The SMILES string of the molecule is CCCC(C=O)n1ncc2c(OCc3ccccc3)c(Br)ccc21.